The molecule has 1 unspecified atom stereocenters. The number of carbonyl (C=O) groups excluding carboxylic acids is 1. The second-order valence-electron chi connectivity index (χ2n) is 6.95. The van der Waals surface area contributed by atoms with E-state index < -0.39 is 6.61 Å². The Labute approximate surface area is 176 Å². The fourth-order valence-electron chi connectivity index (χ4n) is 3.58. The largest absolute Gasteiger partial charge is 0.490 e. The predicted octanol–water partition coefficient (Wildman–Crippen LogP) is 3.14. The van der Waals surface area contributed by atoms with Crippen LogP contribution in [0.25, 0.3) is 0 Å². The van der Waals surface area contributed by atoms with Gasteiger partial charge in [-0.1, -0.05) is 19.1 Å². The van der Waals surface area contributed by atoms with Gasteiger partial charge in [0.15, 0.2) is 17.5 Å². The van der Waals surface area contributed by atoms with Crippen LogP contribution in [-0.4, -0.2) is 56.2 Å². The van der Waals surface area contributed by atoms with Gasteiger partial charge in [-0.15, -0.1) is 0 Å². The first-order chi connectivity index (χ1) is 14.5. The van der Waals surface area contributed by atoms with E-state index >= 15 is 0 Å². The Kier molecular flexibility index (Phi) is 9.63. The van der Waals surface area contributed by atoms with Crippen LogP contribution in [0.3, 0.4) is 0 Å². The molecular weight excluding hydrogens is 394 g/mol. The smallest absolute Gasteiger partial charge is 0.387 e. The second kappa shape index (κ2) is 12.2. The number of amides is 1. The Bertz CT molecular complexity index is 715. The van der Waals surface area contributed by atoms with Gasteiger partial charge in [0, 0.05) is 44.7 Å². The molecule has 0 saturated carbocycles. The van der Waals surface area contributed by atoms with Crippen molar-refractivity contribution in [3.63, 3.8) is 0 Å². The van der Waals surface area contributed by atoms with E-state index in [2.05, 4.69) is 22.5 Å². The number of alkyl halides is 2. The highest BCUT2D eigenvalue weighted by Crippen LogP contribution is 2.32. The van der Waals surface area contributed by atoms with Crippen molar-refractivity contribution in [3.8, 4) is 11.5 Å². The minimum atomic E-state index is -2.94. The molecule has 0 spiro atoms. The van der Waals surface area contributed by atoms with Gasteiger partial charge in [0.1, 0.15) is 0 Å². The third-order valence-electron chi connectivity index (χ3n) is 5.03. The average molecular weight is 427 g/mol. The highest BCUT2D eigenvalue weighted by atomic mass is 19.3. The Balaban J connectivity index is 1.92. The molecule has 0 aromatic heterocycles. The number of hydrogen-bond donors (Lipinski definition) is 2. The third kappa shape index (κ3) is 6.74. The normalized spacial score (nSPS) is 15.5. The number of halogens is 2. The first kappa shape index (κ1) is 23.7. The van der Waals surface area contributed by atoms with Crippen molar-refractivity contribution in [3.05, 3.63) is 23.8 Å². The van der Waals surface area contributed by atoms with E-state index in [1.165, 1.54) is 0 Å². The zero-order valence-corrected chi connectivity index (χ0v) is 17.9. The Morgan fingerprint density at radius 1 is 1.30 bits per heavy atom. The van der Waals surface area contributed by atoms with Crippen LogP contribution in [0.1, 0.15) is 45.1 Å². The Morgan fingerprint density at radius 2 is 2.10 bits per heavy atom. The highest BCUT2D eigenvalue weighted by molar-refractivity contribution is 5.80. The summed E-state index contributed by atoms with van der Waals surface area (Å²) in [5.74, 6) is 1.07. The number of nitrogens with zero attached hydrogens (tertiary/aromatic N) is 2. The number of carbonyl (C=O) groups is 1. The van der Waals surface area contributed by atoms with E-state index in [1.54, 1.807) is 32.2 Å². The fraction of sp³-hybridized carbons (Fsp3) is 0.619. The number of nitrogens with one attached hydrogen (secondary N) is 2. The molecule has 0 radical (unpaired) electrons. The van der Waals surface area contributed by atoms with Crippen molar-refractivity contribution in [2.24, 2.45) is 4.99 Å². The SMILES string of the molecule is CCOc1cccc(CNC(=NC)NCCC(CC)N2CCCC2=O)c1OC(F)F. The molecule has 168 valence electrons. The number of hydrogen-bond acceptors (Lipinski definition) is 4. The quantitative estimate of drug-likeness (QED) is 0.420. The first-order valence-corrected chi connectivity index (χ1v) is 10.4. The summed E-state index contributed by atoms with van der Waals surface area (Å²) in [4.78, 5) is 18.1. The maximum Gasteiger partial charge on any atom is 0.387 e. The molecule has 1 aromatic rings. The maximum atomic E-state index is 12.9. The number of para-hydroxylation sites is 1. The van der Waals surface area contributed by atoms with Crippen molar-refractivity contribution in [2.45, 2.75) is 58.7 Å². The molecule has 7 nitrogen and oxygen atoms in total. The van der Waals surface area contributed by atoms with Gasteiger partial charge in [0.25, 0.3) is 0 Å². The standard InChI is InChI=1S/C21H32F2N4O3/c1-4-16(27-13-7-10-18(27)28)11-12-25-21(24-3)26-14-15-8-6-9-17(29-5-2)19(15)30-20(22)23/h6,8-9,16,20H,4-5,7,10-14H2,1-3H3,(H2,24,25,26). The van der Waals surface area contributed by atoms with E-state index in [-0.39, 0.29) is 30.0 Å². The molecule has 1 aliphatic heterocycles. The van der Waals surface area contributed by atoms with Crippen molar-refractivity contribution in [1.29, 1.82) is 0 Å². The van der Waals surface area contributed by atoms with Crippen LogP contribution in [0.4, 0.5) is 8.78 Å². The lowest BCUT2D eigenvalue weighted by molar-refractivity contribution is -0.129. The molecule has 0 aliphatic carbocycles. The summed E-state index contributed by atoms with van der Waals surface area (Å²) in [5.41, 5.74) is 0.540. The van der Waals surface area contributed by atoms with Crippen molar-refractivity contribution < 1.29 is 23.0 Å². The number of aliphatic imine (C=N–C) groups is 1. The van der Waals surface area contributed by atoms with E-state index in [1.807, 2.05) is 4.90 Å². The number of guanidine groups is 1. The predicted molar refractivity (Wildman–Crippen MR) is 112 cm³/mol. The molecule has 2 N–H and O–H groups in total. The van der Waals surface area contributed by atoms with E-state index in [0.29, 0.717) is 31.1 Å². The van der Waals surface area contributed by atoms with E-state index in [0.717, 1.165) is 25.8 Å². The van der Waals surface area contributed by atoms with Crippen molar-refractivity contribution in [2.75, 3.05) is 26.7 Å². The summed E-state index contributed by atoms with van der Waals surface area (Å²) in [6, 6.07) is 5.24. The van der Waals surface area contributed by atoms with Gasteiger partial charge in [0.2, 0.25) is 5.91 Å². The summed E-state index contributed by atoms with van der Waals surface area (Å²) in [7, 11) is 1.64. The summed E-state index contributed by atoms with van der Waals surface area (Å²) in [6.45, 7) is 2.97. The molecular formula is C21H32F2N4O3. The number of likely N-dealkylation sites (tertiary alicyclic amines) is 1. The van der Waals surface area contributed by atoms with Gasteiger partial charge in [0.05, 0.1) is 6.61 Å². The molecule has 0 bridgehead atoms. The molecule has 9 heteroatoms. The minimum Gasteiger partial charge on any atom is -0.490 e. The first-order valence-electron chi connectivity index (χ1n) is 10.4. The van der Waals surface area contributed by atoms with Gasteiger partial charge in [-0.05, 0) is 32.3 Å². The molecule has 1 amide bonds. The summed E-state index contributed by atoms with van der Waals surface area (Å²) < 4.78 is 35.8. The van der Waals surface area contributed by atoms with Crippen molar-refractivity contribution in [1.82, 2.24) is 15.5 Å². The third-order valence-corrected chi connectivity index (χ3v) is 5.03. The lowest BCUT2D eigenvalue weighted by Crippen LogP contribution is -2.41. The van der Waals surface area contributed by atoms with Gasteiger partial charge < -0.3 is 25.0 Å². The molecule has 1 aromatic carbocycles. The van der Waals surface area contributed by atoms with E-state index in [9.17, 15) is 13.6 Å². The molecule has 30 heavy (non-hydrogen) atoms. The van der Waals surface area contributed by atoms with Crippen LogP contribution in [0, 0.1) is 0 Å². The Hall–Kier alpha value is -2.58. The molecule has 2 rings (SSSR count). The van der Waals surface area contributed by atoms with Gasteiger partial charge in [-0.2, -0.15) is 8.78 Å². The molecule has 1 atom stereocenters. The zero-order chi connectivity index (χ0) is 21.9. The van der Waals surface area contributed by atoms with Crippen LogP contribution in [0.15, 0.2) is 23.2 Å². The van der Waals surface area contributed by atoms with Gasteiger partial charge in [-0.25, -0.2) is 0 Å². The zero-order valence-electron chi connectivity index (χ0n) is 17.9. The minimum absolute atomic E-state index is 0.0240. The number of ether oxygens (including phenoxy) is 2. The van der Waals surface area contributed by atoms with Gasteiger partial charge >= 0.3 is 6.61 Å². The molecule has 1 saturated heterocycles. The van der Waals surface area contributed by atoms with Crippen LogP contribution in [0.2, 0.25) is 0 Å². The Morgan fingerprint density at radius 3 is 2.70 bits per heavy atom. The monoisotopic (exact) mass is 426 g/mol. The number of benzene rings is 1. The van der Waals surface area contributed by atoms with Crippen LogP contribution in [-0.2, 0) is 11.3 Å². The highest BCUT2D eigenvalue weighted by Gasteiger charge is 2.26. The molecule has 1 fully saturated rings. The summed E-state index contributed by atoms with van der Waals surface area (Å²) in [6.07, 6.45) is 3.27. The fourth-order valence-corrected chi connectivity index (χ4v) is 3.58. The summed E-state index contributed by atoms with van der Waals surface area (Å²) in [5, 5.41) is 6.34. The maximum absolute atomic E-state index is 12.9. The summed E-state index contributed by atoms with van der Waals surface area (Å²) >= 11 is 0. The molecule has 1 heterocycles. The number of rotatable bonds is 11. The van der Waals surface area contributed by atoms with Crippen LogP contribution >= 0.6 is 0 Å². The van der Waals surface area contributed by atoms with E-state index in [4.69, 9.17) is 9.47 Å². The lowest BCUT2D eigenvalue weighted by atomic mass is 10.1. The van der Waals surface area contributed by atoms with Crippen molar-refractivity contribution >= 4 is 11.9 Å². The van der Waals surface area contributed by atoms with Crippen LogP contribution in [0.5, 0.6) is 11.5 Å². The average Bonchev–Trinajstić information content (AvgIpc) is 3.15. The van der Waals surface area contributed by atoms with Crippen LogP contribution < -0.4 is 20.1 Å². The van der Waals surface area contributed by atoms with Gasteiger partial charge in [-0.3, -0.25) is 9.79 Å². The topological polar surface area (TPSA) is 75.2 Å². The molecule has 1 aliphatic rings. The lowest BCUT2D eigenvalue weighted by Gasteiger charge is -2.27. The second-order valence-corrected chi connectivity index (χ2v) is 6.95.